The lowest BCUT2D eigenvalue weighted by molar-refractivity contribution is -0.132. The molecular weight excluding hydrogens is 252 g/mol. The van der Waals surface area contributed by atoms with Gasteiger partial charge in [0.05, 0.1) is 19.2 Å². The van der Waals surface area contributed by atoms with E-state index < -0.39 is 0 Å². The average Bonchev–Trinajstić information content (AvgIpc) is 2.88. The van der Waals surface area contributed by atoms with Crippen molar-refractivity contribution in [3.63, 3.8) is 0 Å². The first-order valence-corrected chi connectivity index (χ1v) is 7.28. The number of carbonyl (C=O) groups is 1. The Kier molecular flexibility index (Phi) is 5.01. The molecule has 4 nitrogen and oxygen atoms in total. The van der Waals surface area contributed by atoms with E-state index >= 15 is 0 Å². The lowest BCUT2D eigenvalue weighted by Gasteiger charge is -2.26. The zero-order valence-electron chi connectivity index (χ0n) is 12.6. The molecule has 0 aliphatic carbocycles. The van der Waals surface area contributed by atoms with Crippen molar-refractivity contribution in [1.29, 1.82) is 0 Å². The summed E-state index contributed by atoms with van der Waals surface area (Å²) >= 11 is 0. The normalized spacial score (nSPS) is 18.6. The standard InChI is InChI=1S/C16H24N2O2/c1-4-20-14-9-7-13(8-10-14)15-6-5-11-18(15)16(19)12-17(2)3/h7-10,15H,4-6,11-12H2,1-3H3/t15-/m0/s1. The van der Waals surface area contributed by atoms with Gasteiger partial charge in [-0.15, -0.1) is 0 Å². The van der Waals surface area contributed by atoms with Gasteiger partial charge in [0.15, 0.2) is 0 Å². The van der Waals surface area contributed by atoms with Crippen molar-refractivity contribution in [1.82, 2.24) is 9.80 Å². The third kappa shape index (κ3) is 3.51. The summed E-state index contributed by atoms with van der Waals surface area (Å²) in [5.41, 5.74) is 1.21. The van der Waals surface area contributed by atoms with Crippen LogP contribution in [0.25, 0.3) is 0 Å². The fourth-order valence-corrected chi connectivity index (χ4v) is 2.73. The lowest BCUT2D eigenvalue weighted by Crippen LogP contribution is -2.37. The van der Waals surface area contributed by atoms with Gasteiger partial charge in [-0.25, -0.2) is 0 Å². The van der Waals surface area contributed by atoms with E-state index in [0.29, 0.717) is 13.2 Å². The first-order valence-electron chi connectivity index (χ1n) is 7.28. The molecule has 1 saturated heterocycles. The number of benzene rings is 1. The maximum Gasteiger partial charge on any atom is 0.237 e. The Labute approximate surface area is 121 Å². The first-order chi connectivity index (χ1) is 9.61. The molecule has 0 N–H and O–H groups in total. The van der Waals surface area contributed by atoms with Gasteiger partial charge in [-0.1, -0.05) is 12.1 Å². The highest BCUT2D eigenvalue weighted by molar-refractivity contribution is 5.79. The zero-order valence-corrected chi connectivity index (χ0v) is 12.6. The highest BCUT2D eigenvalue weighted by Crippen LogP contribution is 2.32. The quantitative estimate of drug-likeness (QED) is 0.827. The Balaban J connectivity index is 2.08. The van der Waals surface area contributed by atoms with E-state index in [1.165, 1.54) is 5.56 Å². The minimum absolute atomic E-state index is 0.214. The predicted molar refractivity (Wildman–Crippen MR) is 79.9 cm³/mol. The van der Waals surface area contributed by atoms with Crippen LogP contribution < -0.4 is 4.74 Å². The number of likely N-dealkylation sites (N-methyl/N-ethyl adjacent to an activating group) is 1. The Morgan fingerprint density at radius 1 is 1.35 bits per heavy atom. The van der Waals surface area contributed by atoms with Crippen molar-refractivity contribution in [2.75, 3.05) is 33.8 Å². The molecule has 1 aliphatic heterocycles. The van der Waals surface area contributed by atoms with Crippen LogP contribution in [0.15, 0.2) is 24.3 Å². The van der Waals surface area contributed by atoms with Crippen molar-refractivity contribution in [2.45, 2.75) is 25.8 Å². The molecule has 0 saturated carbocycles. The van der Waals surface area contributed by atoms with Crippen molar-refractivity contribution >= 4 is 5.91 Å². The van der Waals surface area contributed by atoms with Gasteiger partial charge in [0.25, 0.3) is 0 Å². The predicted octanol–water partition coefficient (Wildman–Crippen LogP) is 2.31. The number of amides is 1. The molecule has 20 heavy (non-hydrogen) atoms. The molecule has 0 unspecified atom stereocenters. The second-order valence-corrected chi connectivity index (χ2v) is 5.48. The number of hydrogen-bond acceptors (Lipinski definition) is 3. The molecule has 110 valence electrons. The minimum atomic E-state index is 0.214. The van der Waals surface area contributed by atoms with Crippen molar-refractivity contribution in [3.8, 4) is 5.75 Å². The molecule has 0 radical (unpaired) electrons. The third-order valence-electron chi connectivity index (χ3n) is 3.60. The largest absolute Gasteiger partial charge is 0.494 e. The summed E-state index contributed by atoms with van der Waals surface area (Å²) in [5, 5.41) is 0. The number of carbonyl (C=O) groups excluding carboxylic acids is 1. The van der Waals surface area contributed by atoms with Crippen LogP contribution in [0.2, 0.25) is 0 Å². The number of hydrogen-bond donors (Lipinski definition) is 0. The van der Waals surface area contributed by atoms with Crippen molar-refractivity contribution < 1.29 is 9.53 Å². The summed E-state index contributed by atoms with van der Waals surface area (Å²) in [6, 6.07) is 8.36. The van der Waals surface area contributed by atoms with Gasteiger partial charge in [0.1, 0.15) is 5.75 Å². The number of nitrogens with zero attached hydrogens (tertiary/aromatic N) is 2. The van der Waals surface area contributed by atoms with Crippen LogP contribution in [-0.2, 0) is 4.79 Å². The molecule has 1 aliphatic rings. The van der Waals surface area contributed by atoms with Gasteiger partial charge < -0.3 is 14.5 Å². The van der Waals surface area contributed by atoms with E-state index in [-0.39, 0.29) is 11.9 Å². The Morgan fingerprint density at radius 2 is 2.05 bits per heavy atom. The number of rotatable bonds is 5. The molecule has 0 aromatic heterocycles. The molecule has 1 fully saturated rings. The van der Waals surface area contributed by atoms with Crippen LogP contribution in [0.1, 0.15) is 31.4 Å². The molecule has 1 aromatic rings. The molecule has 0 spiro atoms. The van der Waals surface area contributed by atoms with Gasteiger partial charge in [0.2, 0.25) is 5.91 Å². The highest BCUT2D eigenvalue weighted by atomic mass is 16.5. The number of ether oxygens (including phenoxy) is 1. The van der Waals surface area contributed by atoms with Crippen molar-refractivity contribution in [3.05, 3.63) is 29.8 Å². The van der Waals surface area contributed by atoms with E-state index in [9.17, 15) is 4.79 Å². The van der Waals surface area contributed by atoms with Crippen molar-refractivity contribution in [2.24, 2.45) is 0 Å². The molecular formula is C16H24N2O2. The average molecular weight is 276 g/mol. The van der Waals surface area contributed by atoms with E-state index in [2.05, 4.69) is 12.1 Å². The maximum absolute atomic E-state index is 12.3. The molecule has 1 amide bonds. The van der Waals surface area contributed by atoms with Crippen LogP contribution in [0, 0.1) is 0 Å². The molecule has 0 bridgehead atoms. The second-order valence-electron chi connectivity index (χ2n) is 5.48. The summed E-state index contributed by atoms with van der Waals surface area (Å²) in [6.45, 7) is 4.00. The van der Waals surface area contributed by atoms with Gasteiger partial charge in [-0.2, -0.15) is 0 Å². The molecule has 1 atom stereocenters. The first kappa shape index (κ1) is 14.9. The number of likely N-dealkylation sites (tertiary alicyclic amines) is 1. The Hall–Kier alpha value is -1.55. The van der Waals surface area contributed by atoms with Crippen LogP contribution in [0.3, 0.4) is 0 Å². The smallest absolute Gasteiger partial charge is 0.237 e. The fraction of sp³-hybridized carbons (Fsp3) is 0.562. The van der Waals surface area contributed by atoms with Crippen LogP contribution in [0.4, 0.5) is 0 Å². The molecule has 1 aromatic carbocycles. The molecule has 2 rings (SSSR count). The summed E-state index contributed by atoms with van der Waals surface area (Å²) < 4.78 is 5.46. The SMILES string of the molecule is CCOc1ccc([C@@H]2CCCN2C(=O)CN(C)C)cc1. The van der Waals surface area contributed by atoms with E-state index in [0.717, 1.165) is 25.1 Å². The Bertz CT molecular complexity index is 442. The molecule has 4 heteroatoms. The van der Waals surface area contributed by atoms with E-state index in [1.807, 2.05) is 43.0 Å². The summed E-state index contributed by atoms with van der Waals surface area (Å²) in [7, 11) is 3.86. The van der Waals surface area contributed by atoms with E-state index in [4.69, 9.17) is 4.74 Å². The van der Waals surface area contributed by atoms with Gasteiger partial charge in [-0.3, -0.25) is 4.79 Å². The van der Waals surface area contributed by atoms with Gasteiger partial charge in [0, 0.05) is 6.54 Å². The summed E-state index contributed by atoms with van der Waals surface area (Å²) in [5.74, 6) is 1.10. The monoisotopic (exact) mass is 276 g/mol. The second kappa shape index (κ2) is 6.75. The minimum Gasteiger partial charge on any atom is -0.494 e. The topological polar surface area (TPSA) is 32.8 Å². The lowest BCUT2D eigenvalue weighted by atomic mass is 10.0. The van der Waals surface area contributed by atoms with E-state index in [1.54, 1.807) is 0 Å². The third-order valence-corrected chi connectivity index (χ3v) is 3.60. The zero-order chi connectivity index (χ0) is 14.5. The van der Waals surface area contributed by atoms with Crippen LogP contribution in [-0.4, -0.2) is 49.5 Å². The summed E-state index contributed by atoms with van der Waals surface area (Å²) in [4.78, 5) is 16.2. The maximum atomic E-state index is 12.3. The Morgan fingerprint density at radius 3 is 2.65 bits per heavy atom. The van der Waals surface area contributed by atoms with Gasteiger partial charge in [-0.05, 0) is 51.6 Å². The molecule has 1 heterocycles. The fourth-order valence-electron chi connectivity index (χ4n) is 2.73. The highest BCUT2D eigenvalue weighted by Gasteiger charge is 2.29. The van der Waals surface area contributed by atoms with Crippen LogP contribution >= 0.6 is 0 Å². The van der Waals surface area contributed by atoms with Crippen LogP contribution in [0.5, 0.6) is 5.75 Å². The van der Waals surface area contributed by atoms with Gasteiger partial charge >= 0.3 is 0 Å². The summed E-state index contributed by atoms with van der Waals surface area (Å²) in [6.07, 6.45) is 2.13.